The van der Waals surface area contributed by atoms with Gasteiger partial charge < -0.3 is 15.2 Å². The van der Waals surface area contributed by atoms with Gasteiger partial charge in [0.2, 0.25) is 21.8 Å². The lowest BCUT2D eigenvalue weighted by Crippen LogP contribution is -2.32. The highest BCUT2D eigenvalue weighted by Crippen LogP contribution is 2.37. The molecule has 3 rings (SSSR count). The Morgan fingerprint density at radius 3 is 2.46 bits per heavy atom. The van der Waals surface area contributed by atoms with Crippen LogP contribution in [0.25, 0.3) is 0 Å². The molecule has 1 atom stereocenters. The Labute approximate surface area is 206 Å². The van der Waals surface area contributed by atoms with Crippen molar-refractivity contribution in [3.63, 3.8) is 0 Å². The van der Waals surface area contributed by atoms with E-state index >= 15 is 0 Å². The number of carboxylic acids is 1. The first-order valence-corrected chi connectivity index (χ1v) is 13.2. The Morgan fingerprint density at radius 1 is 1.29 bits per heavy atom. The molecule has 1 fully saturated rings. The van der Waals surface area contributed by atoms with Gasteiger partial charge in [0, 0.05) is 23.2 Å². The number of rotatable bonds is 9. The average molecular weight is 507 g/mol. The molecule has 1 saturated carbocycles. The van der Waals surface area contributed by atoms with Crippen molar-refractivity contribution in [1.29, 1.82) is 0 Å². The van der Waals surface area contributed by atoms with Crippen molar-refractivity contribution in [2.75, 3.05) is 5.32 Å². The summed E-state index contributed by atoms with van der Waals surface area (Å²) in [5.41, 5.74) is -0.209. The number of ether oxygens (including phenoxy) is 1. The smallest absolute Gasteiger partial charge is 0.356 e. The summed E-state index contributed by atoms with van der Waals surface area (Å²) in [6, 6.07) is 4.06. The first kappa shape index (κ1) is 26.7. The number of aromatic nitrogens is 2. The number of nitrogens with one attached hydrogen (secondary N) is 2. The predicted octanol–water partition coefficient (Wildman–Crippen LogP) is 4.25. The van der Waals surface area contributed by atoms with Gasteiger partial charge in [0.25, 0.3) is 0 Å². The molecule has 0 bridgehead atoms. The maximum Gasteiger partial charge on any atom is 0.356 e. The third-order valence-corrected chi connectivity index (χ3v) is 7.67. The van der Waals surface area contributed by atoms with Crippen molar-refractivity contribution in [2.45, 2.75) is 83.7 Å². The van der Waals surface area contributed by atoms with Gasteiger partial charge in [-0.2, -0.15) is 5.10 Å². The largest absolute Gasteiger partial charge is 0.476 e. The molecular formula is C24H34N4O6S. The summed E-state index contributed by atoms with van der Waals surface area (Å²) >= 11 is 0. The van der Waals surface area contributed by atoms with Crippen molar-refractivity contribution >= 4 is 27.6 Å². The number of anilines is 1. The lowest BCUT2D eigenvalue weighted by atomic mass is 9.85. The molecule has 35 heavy (non-hydrogen) atoms. The van der Waals surface area contributed by atoms with Gasteiger partial charge in [0.05, 0.1) is 5.54 Å². The minimum absolute atomic E-state index is 0.00659. The SMILES string of the molecule is CC[C@H](C)NS(=O)(=O)c1cc(NC(=O)C2CCC2)ccc1Oc1c(C)c(C(=O)O)nn1C(C)(C)C. The maximum absolute atomic E-state index is 13.3. The topological polar surface area (TPSA) is 140 Å². The van der Waals surface area contributed by atoms with E-state index in [4.69, 9.17) is 4.74 Å². The van der Waals surface area contributed by atoms with E-state index in [1.54, 1.807) is 19.9 Å². The molecule has 1 aliphatic rings. The quantitative estimate of drug-likeness (QED) is 0.462. The molecule has 3 N–H and O–H groups in total. The number of carbonyl (C=O) groups is 2. The normalized spacial score (nSPS) is 15.4. The van der Waals surface area contributed by atoms with Crippen LogP contribution < -0.4 is 14.8 Å². The number of hydrogen-bond acceptors (Lipinski definition) is 6. The molecule has 1 heterocycles. The molecule has 11 heteroatoms. The van der Waals surface area contributed by atoms with Crippen LogP contribution in [0.3, 0.4) is 0 Å². The Kier molecular flexibility index (Phi) is 7.61. The van der Waals surface area contributed by atoms with E-state index in [2.05, 4.69) is 15.1 Å². The molecule has 1 aliphatic carbocycles. The van der Waals surface area contributed by atoms with Crippen LogP contribution in [0.4, 0.5) is 5.69 Å². The van der Waals surface area contributed by atoms with E-state index in [1.165, 1.54) is 16.8 Å². The first-order chi connectivity index (χ1) is 16.2. The minimum atomic E-state index is -4.04. The Balaban J connectivity index is 2.09. The van der Waals surface area contributed by atoms with Gasteiger partial charge in [-0.05, 0) is 72.1 Å². The molecular weight excluding hydrogens is 472 g/mol. The van der Waals surface area contributed by atoms with Crippen LogP contribution in [0.15, 0.2) is 23.1 Å². The Hall–Kier alpha value is -2.92. The van der Waals surface area contributed by atoms with Gasteiger partial charge >= 0.3 is 5.97 Å². The summed E-state index contributed by atoms with van der Waals surface area (Å²) in [5.74, 6) is -1.30. The Bertz CT molecular complexity index is 1230. The molecule has 0 saturated heterocycles. The molecule has 0 unspecified atom stereocenters. The summed E-state index contributed by atoms with van der Waals surface area (Å²) < 4.78 is 36.7. The molecule has 0 spiro atoms. The average Bonchev–Trinajstić information content (AvgIpc) is 3.04. The third-order valence-electron chi connectivity index (χ3n) is 6.06. The minimum Gasteiger partial charge on any atom is -0.476 e. The number of hydrogen-bond donors (Lipinski definition) is 3. The van der Waals surface area contributed by atoms with E-state index in [9.17, 15) is 23.1 Å². The van der Waals surface area contributed by atoms with Crippen molar-refractivity contribution in [3.8, 4) is 11.6 Å². The number of benzene rings is 1. The first-order valence-electron chi connectivity index (χ1n) is 11.7. The van der Waals surface area contributed by atoms with Crippen LogP contribution in [0.5, 0.6) is 11.6 Å². The molecule has 1 aromatic carbocycles. The van der Waals surface area contributed by atoms with Crippen LogP contribution >= 0.6 is 0 Å². The van der Waals surface area contributed by atoms with Crippen LogP contribution in [-0.2, 0) is 20.4 Å². The fraction of sp³-hybridized carbons (Fsp3) is 0.542. The van der Waals surface area contributed by atoms with Gasteiger partial charge in [0.15, 0.2) is 5.69 Å². The highest BCUT2D eigenvalue weighted by molar-refractivity contribution is 7.89. The van der Waals surface area contributed by atoms with Crippen molar-refractivity contribution in [1.82, 2.24) is 14.5 Å². The van der Waals surface area contributed by atoms with Gasteiger partial charge in [-0.15, -0.1) is 0 Å². The second-order valence-electron chi connectivity index (χ2n) is 9.98. The standard InChI is InChI=1S/C24H34N4O6S/c1-7-14(2)27-35(32,33)19-13-17(25-21(29)16-9-8-10-16)11-12-18(19)34-22-15(3)20(23(30)31)26-28(22)24(4,5)6/h11-14,16,27H,7-10H2,1-6H3,(H,25,29)(H,30,31)/t14-/m0/s1. The van der Waals surface area contributed by atoms with Crippen molar-refractivity contribution in [2.24, 2.45) is 5.92 Å². The van der Waals surface area contributed by atoms with Crippen LogP contribution in [-0.4, -0.2) is 41.2 Å². The van der Waals surface area contributed by atoms with Crippen LogP contribution in [0.2, 0.25) is 0 Å². The van der Waals surface area contributed by atoms with E-state index in [0.29, 0.717) is 12.1 Å². The molecule has 1 aromatic heterocycles. The number of aromatic carboxylic acids is 1. The zero-order valence-corrected chi connectivity index (χ0v) is 21.8. The second kappa shape index (κ2) is 9.98. The summed E-state index contributed by atoms with van der Waals surface area (Å²) in [7, 11) is -4.04. The summed E-state index contributed by atoms with van der Waals surface area (Å²) in [6.45, 7) is 10.7. The van der Waals surface area contributed by atoms with Crippen LogP contribution in [0.1, 0.15) is 76.4 Å². The summed E-state index contributed by atoms with van der Waals surface area (Å²) in [6.07, 6.45) is 3.21. The monoisotopic (exact) mass is 506 g/mol. The van der Waals surface area contributed by atoms with Gasteiger partial charge in [-0.25, -0.2) is 22.6 Å². The molecule has 2 aromatic rings. The highest BCUT2D eigenvalue weighted by atomic mass is 32.2. The fourth-order valence-electron chi connectivity index (χ4n) is 3.57. The van der Waals surface area contributed by atoms with E-state index in [-0.39, 0.29) is 45.6 Å². The predicted molar refractivity (Wildman–Crippen MR) is 131 cm³/mol. The number of nitrogens with zero attached hydrogens (tertiary/aromatic N) is 2. The molecule has 0 aliphatic heterocycles. The van der Waals surface area contributed by atoms with Crippen molar-refractivity contribution in [3.05, 3.63) is 29.5 Å². The zero-order chi connectivity index (χ0) is 26.1. The molecule has 0 radical (unpaired) electrons. The summed E-state index contributed by atoms with van der Waals surface area (Å²) in [4.78, 5) is 24.0. The number of carboxylic acid groups (broad SMARTS) is 1. The summed E-state index contributed by atoms with van der Waals surface area (Å²) in [5, 5.41) is 16.5. The van der Waals surface area contributed by atoms with E-state index in [1.807, 2.05) is 27.7 Å². The second-order valence-corrected chi connectivity index (χ2v) is 11.7. The van der Waals surface area contributed by atoms with Gasteiger partial charge in [-0.1, -0.05) is 13.3 Å². The lowest BCUT2D eigenvalue weighted by molar-refractivity contribution is -0.122. The Morgan fingerprint density at radius 2 is 1.94 bits per heavy atom. The molecule has 1 amide bonds. The molecule has 192 valence electrons. The van der Waals surface area contributed by atoms with E-state index < -0.39 is 21.5 Å². The van der Waals surface area contributed by atoms with Crippen LogP contribution in [0, 0.1) is 12.8 Å². The van der Waals surface area contributed by atoms with Gasteiger partial charge in [0.1, 0.15) is 10.6 Å². The third kappa shape index (κ3) is 5.84. The highest BCUT2D eigenvalue weighted by Gasteiger charge is 2.30. The fourth-order valence-corrected chi connectivity index (χ4v) is 5.05. The number of sulfonamides is 1. The van der Waals surface area contributed by atoms with Crippen molar-refractivity contribution < 1.29 is 27.9 Å². The lowest BCUT2D eigenvalue weighted by Gasteiger charge is -2.25. The van der Waals surface area contributed by atoms with E-state index in [0.717, 1.165) is 19.3 Å². The maximum atomic E-state index is 13.3. The van der Waals surface area contributed by atoms with Gasteiger partial charge in [-0.3, -0.25) is 4.79 Å². The number of amides is 1. The zero-order valence-electron chi connectivity index (χ0n) is 21.0. The number of carbonyl (C=O) groups excluding carboxylic acids is 1. The molecule has 10 nitrogen and oxygen atoms in total.